The van der Waals surface area contributed by atoms with Gasteiger partial charge in [-0.15, -0.1) is 0 Å². The molecule has 0 saturated carbocycles. The van der Waals surface area contributed by atoms with Crippen LogP contribution in [0.1, 0.15) is 24.2 Å². The van der Waals surface area contributed by atoms with E-state index in [1.807, 2.05) is 48.5 Å². The molecular weight excluding hydrogens is 252 g/mol. The summed E-state index contributed by atoms with van der Waals surface area (Å²) in [6.07, 6.45) is 0.296. The van der Waals surface area contributed by atoms with E-state index in [0.717, 1.165) is 23.5 Å². The quantitative estimate of drug-likeness (QED) is 0.876. The monoisotopic (exact) mass is 272 g/mol. The summed E-state index contributed by atoms with van der Waals surface area (Å²) in [7, 11) is 1.66. The fourth-order valence-electron chi connectivity index (χ4n) is 2.03. The van der Waals surface area contributed by atoms with Gasteiger partial charge in [0.25, 0.3) is 0 Å². The van der Waals surface area contributed by atoms with Crippen molar-refractivity contribution in [1.82, 2.24) is 0 Å². The average Bonchev–Trinajstić information content (AvgIpc) is 2.48. The van der Waals surface area contributed by atoms with Crippen molar-refractivity contribution < 1.29 is 14.6 Å². The van der Waals surface area contributed by atoms with Crippen LogP contribution in [0, 0.1) is 0 Å². The molecule has 0 radical (unpaired) electrons. The van der Waals surface area contributed by atoms with Crippen LogP contribution < -0.4 is 9.47 Å². The molecule has 2 aromatic carbocycles. The Hall–Kier alpha value is -2.00. The van der Waals surface area contributed by atoms with Crippen LogP contribution in [0.5, 0.6) is 11.5 Å². The molecule has 0 saturated heterocycles. The first-order chi connectivity index (χ1) is 9.70. The molecule has 0 bridgehead atoms. The predicted molar refractivity (Wildman–Crippen MR) is 79.3 cm³/mol. The van der Waals surface area contributed by atoms with Crippen LogP contribution >= 0.6 is 0 Å². The molecule has 0 unspecified atom stereocenters. The molecule has 0 aliphatic rings. The molecule has 0 fully saturated rings. The van der Waals surface area contributed by atoms with Crippen molar-refractivity contribution in [3.8, 4) is 11.5 Å². The number of ether oxygens (including phenoxy) is 2. The molecule has 3 nitrogen and oxygen atoms in total. The lowest BCUT2D eigenvalue weighted by Crippen LogP contribution is -2.04. The third-order valence-corrected chi connectivity index (χ3v) is 3.18. The van der Waals surface area contributed by atoms with Crippen molar-refractivity contribution in [3.05, 3.63) is 59.7 Å². The summed E-state index contributed by atoms with van der Waals surface area (Å²) in [4.78, 5) is 0. The van der Waals surface area contributed by atoms with Gasteiger partial charge in [0.15, 0.2) is 0 Å². The van der Waals surface area contributed by atoms with Crippen LogP contribution in [0.3, 0.4) is 0 Å². The van der Waals surface area contributed by atoms with Gasteiger partial charge in [-0.25, -0.2) is 0 Å². The molecule has 1 atom stereocenters. The minimum Gasteiger partial charge on any atom is -0.497 e. The van der Waals surface area contributed by atoms with Crippen LogP contribution in [0.4, 0.5) is 0 Å². The molecule has 106 valence electrons. The van der Waals surface area contributed by atoms with Gasteiger partial charge in [-0.3, -0.25) is 0 Å². The fourth-order valence-corrected chi connectivity index (χ4v) is 2.03. The highest BCUT2D eigenvalue weighted by Gasteiger charge is 2.07. The lowest BCUT2D eigenvalue weighted by atomic mass is 10.1. The number of methoxy groups -OCH3 is 1. The molecule has 1 N–H and O–H groups in total. The Morgan fingerprint density at radius 1 is 1.05 bits per heavy atom. The molecule has 0 amide bonds. The van der Waals surface area contributed by atoms with Gasteiger partial charge in [-0.2, -0.15) is 0 Å². The van der Waals surface area contributed by atoms with E-state index in [9.17, 15) is 5.11 Å². The lowest BCUT2D eigenvalue weighted by Gasteiger charge is -2.13. The van der Waals surface area contributed by atoms with Gasteiger partial charge in [0.2, 0.25) is 0 Å². The van der Waals surface area contributed by atoms with Crippen molar-refractivity contribution in [2.75, 3.05) is 13.7 Å². The predicted octanol–water partition coefficient (Wildman–Crippen LogP) is 3.37. The number of hydrogen-bond donors (Lipinski definition) is 1. The first-order valence-electron chi connectivity index (χ1n) is 6.73. The molecule has 20 heavy (non-hydrogen) atoms. The van der Waals surface area contributed by atoms with Gasteiger partial charge in [0.05, 0.1) is 19.8 Å². The second-order valence-electron chi connectivity index (χ2n) is 4.66. The second kappa shape index (κ2) is 6.96. The van der Waals surface area contributed by atoms with Crippen LogP contribution in [0.15, 0.2) is 48.5 Å². The van der Waals surface area contributed by atoms with Gasteiger partial charge >= 0.3 is 0 Å². The van der Waals surface area contributed by atoms with Crippen molar-refractivity contribution in [1.29, 1.82) is 0 Å². The standard InChI is InChI=1S/C17H20O3/c1-13(18)16-5-3-4-6-17(16)20-12-11-14-7-9-15(19-2)10-8-14/h3-10,13,18H,11-12H2,1-2H3/t13-/m0/s1. The highest BCUT2D eigenvalue weighted by molar-refractivity contribution is 5.35. The number of rotatable bonds is 6. The molecule has 2 aromatic rings. The number of aliphatic hydroxyl groups is 1. The van der Waals surface area contributed by atoms with Crippen molar-refractivity contribution in [3.63, 3.8) is 0 Å². The first kappa shape index (κ1) is 14.4. The summed E-state index contributed by atoms with van der Waals surface area (Å²) < 4.78 is 10.9. The van der Waals surface area contributed by atoms with Gasteiger partial charge < -0.3 is 14.6 Å². The maximum absolute atomic E-state index is 9.68. The van der Waals surface area contributed by atoms with E-state index in [0.29, 0.717) is 6.61 Å². The van der Waals surface area contributed by atoms with E-state index in [4.69, 9.17) is 9.47 Å². The maximum Gasteiger partial charge on any atom is 0.125 e. The van der Waals surface area contributed by atoms with Crippen molar-refractivity contribution in [2.45, 2.75) is 19.4 Å². The van der Waals surface area contributed by atoms with E-state index in [1.165, 1.54) is 5.56 Å². The van der Waals surface area contributed by atoms with Crippen molar-refractivity contribution in [2.24, 2.45) is 0 Å². The third kappa shape index (κ3) is 3.75. The SMILES string of the molecule is COc1ccc(CCOc2ccccc2[C@H](C)O)cc1. The molecule has 3 heteroatoms. The summed E-state index contributed by atoms with van der Waals surface area (Å²) in [5, 5.41) is 9.68. The summed E-state index contributed by atoms with van der Waals surface area (Å²) in [5.74, 6) is 1.60. The summed E-state index contributed by atoms with van der Waals surface area (Å²) in [5.41, 5.74) is 2.02. The minimum absolute atomic E-state index is 0.521. The number of hydrogen-bond acceptors (Lipinski definition) is 3. The Labute approximate surface area is 119 Å². The molecular formula is C17H20O3. The van der Waals surface area contributed by atoms with E-state index < -0.39 is 6.10 Å². The van der Waals surface area contributed by atoms with Crippen LogP contribution in [-0.4, -0.2) is 18.8 Å². The Morgan fingerprint density at radius 3 is 2.40 bits per heavy atom. The van der Waals surface area contributed by atoms with Gasteiger partial charge in [-0.1, -0.05) is 30.3 Å². The third-order valence-electron chi connectivity index (χ3n) is 3.18. The highest BCUT2D eigenvalue weighted by atomic mass is 16.5. The zero-order valence-corrected chi connectivity index (χ0v) is 11.9. The molecule has 0 aromatic heterocycles. The fraction of sp³-hybridized carbons (Fsp3) is 0.294. The summed E-state index contributed by atoms with van der Waals surface area (Å²) >= 11 is 0. The van der Waals surface area contributed by atoms with Crippen molar-refractivity contribution >= 4 is 0 Å². The largest absolute Gasteiger partial charge is 0.497 e. The summed E-state index contributed by atoms with van der Waals surface area (Å²) in [6.45, 7) is 2.32. The van der Waals surface area contributed by atoms with Gasteiger partial charge in [-0.05, 0) is 30.7 Å². The zero-order valence-electron chi connectivity index (χ0n) is 11.9. The van der Waals surface area contributed by atoms with E-state index in [1.54, 1.807) is 14.0 Å². The molecule has 2 rings (SSSR count). The van der Waals surface area contributed by atoms with E-state index in [-0.39, 0.29) is 0 Å². The zero-order chi connectivity index (χ0) is 14.4. The topological polar surface area (TPSA) is 38.7 Å². The van der Waals surface area contributed by atoms with Crippen LogP contribution in [-0.2, 0) is 6.42 Å². The number of aliphatic hydroxyl groups excluding tert-OH is 1. The average molecular weight is 272 g/mol. The number of para-hydroxylation sites is 1. The Kier molecular flexibility index (Phi) is 5.02. The Bertz CT molecular complexity index is 532. The normalized spacial score (nSPS) is 11.9. The molecule has 0 aliphatic heterocycles. The molecule has 0 spiro atoms. The lowest BCUT2D eigenvalue weighted by molar-refractivity contribution is 0.191. The highest BCUT2D eigenvalue weighted by Crippen LogP contribution is 2.24. The number of benzene rings is 2. The van der Waals surface area contributed by atoms with Crippen LogP contribution in [0.25, 0.3) is 0 Å². The smallest absolute Gasteiger partial charge is 0.125 e. The van der Waals surface area contributed by atoms with E-state index >= 15 is 0 Å². The minimum atomic E-state index is -0.521. The molecule has 0 aliphatic carbocycles. The first-order valence-corrected chi connectivity index (χ1v) is 6.73. The maximum atomic E-state index is 9.68. The Balaban J connectivity index is 1.92. The van der Waals surface area contributed by atoms with Gasteiger partial charge in [0.1, 0.15) is 11.5 Å². The summed E-state index contributed by atoms with van der Waals surface area (Å²) in [6, 6.07) is 15.5. The van der Waals surface area contributed by atoms with Crippen LogP contribution in [0.2, 0.25) is 0 Å². The van der Waals surface area contributed by atoms with Gasteiger partial charge in [0, 0.05) is 12.0 Å². The Morgan fingerprint density at radius 2 is 1.75 bits per heavy atom. The van der Waals surface area contributed by atoms with E-state index in [2.05, 4.69) is 0 Å². The molecule has 0 heterocycles. The second-order valence-corrected chi connectivity index (χ2v) is 4.66.